The van der Waals surface area contributed by atoms with Crippen LogP contribution in [0.2, 0.25) is 10.0 Å². The van der Waals surface area contributed by atoms with E-state index in [9.17, 15) is 18.3 Å². The van der Waals surface area contributed by atoms with Gasteiger partial charge in [-0.15, -0.1) is 0 Å². The first-order valence-corrected chi connectivity index (χ1v) is 10.2. The zero-order valence-corrected chi connectivity index (χ0v) is 17.2. The van der Waals surface area contributed by atoms with E-state index < -0.39 is 16.9 Å². The summed E-state index contributed by atoms with van der Waals surface area (Å²) < 4.78 is 38.9. The molecule has 1 aliphatic rings. The molecule has 10 heteroatoms. The Morgan fingerprint density at radius 3 is 2.77 bits per heavy atom. The maximum Gasteiger partial charge on any atom is 0.434 e. The summed E-state index contributed by atoms with van der Waals surface area (Å²) in [6, 6.07) is 8.01. The number of rotatable bonds is 5. The van der Waals surface area contributed by atoms with Crippen LogP contribution in [-0.2, 0) is 12.6 Å². The zero-order chi connectivity index (χ0) is 21.5. The molecule has 0 amide bonds. The number of anilines is 1. The topological polar surface area (TPSA) is 64.2 Å². The second-order valence-electron chi connectivity index (χ2n) is 7.14. The molecule has 30 heavy (non-hydrogen) atoms. The predicted molar refractivity (Wildman–Crippen MR) is 111 cm³/mol. The normalized spacial score (nSPS) is 17.3. The average Bonchev–Trinajstić information content (AvgIpc) is 3.06. The highest BCUT2D eigenvalue weighted by atomic mass is 35.5. The van der Waals surface area contributed by atoms with Gasteiger partial charge >= 0.3 is 6.18 Å². The summed E-state index contributed by atoms with van der Waals surface area (Å²) >= 11 is 11.7. The third-order valence-electron chi connectivity index (χ3n) is 5.32. The van der Waals surface area contributed by atoms with E-state index >= 15 is 0 Å². The molecule has 0 aliphatic carbocycles. The Bertz CT molecular complexity index is 1070. The number of alkyl halides is 3. The van der Waals surface area contributed by atoms with Gasteiger partial charge in [-0.2, -0.15) is 13.2 Å². The first-order chi connectivity index (χ1) is 14.3. The van der Waals surface area contributed by atoms with Crippen LogP contribution in [-0.4, -0.2) is 46.2 Å². The minimum atomic E-state index is -4.61. The molecule has 0 fully saturated rings. The molecule has 0 radical (unpaired) electrons. The summed E-state index contributed by atoms with van der Waals surface area (Å²) in [5, 5.41) is 14.2. The van der Waals surface area contributed by atoms with Gasteiger partial charge in [0.2, 0.25) is 0 Å². The molecule has 0 spiro atoms. The molecule has 3 N–H and O–H groups in total. The Morgan fingerprint density at radius 2 is 2.03 bits per heavy atom. The van der Waals surface area contributed by atoms with Gasteiger partial charge in [0, 0.05) is 41.3 Å². The lowest BCUT2D eigenvalue weighted by Crippen LogP contribution is -2.40. The molecule has 0 saturated heterocycles. The summed E-state index contributed by atoms with van der Waals surface area (Å²) in [5.41, 5.74) is 1.95. The van der Waals surface area contributed by atoms with Crippen molar-refractivity contribution in [2.24, 2.45) is 0 Å². The van der Waals surface area contributed by atoms with Gasteiger partial charge in [0.05, 0.1) is 17.7 Å². The number of hydrogen-bond donors (Lipinski definition) is 3. The molecule has 3 heterocycles. The Hall–Kier alpha value is -2.00. The van der Waals surface area contributed by atoms with Gasteiger partial charge < -0.3 is 15.4 Å². The molecule has 1 atom stereocenters. The van der Waals surface area contributed by atoms with Gasteiger partial charge in [-0.25, -0.2) is 4.98 Å². The Morgan fingerprint density at radius 1 is 1.23 bits per heavy atom. The fourth-order valence-corrected chi connectivity index (χ4v) is 4.31. The molecule has 3 aromatic rings. The first-order valence-electron chi connectivity index (χ1n) is 9.40. The smallest absolute Gasteiger partial charge is 0.394 e. The van der Waals surface area contributed by atoms with Crippen molar-refractivity contribution in [3.63, 3.8) is 0 Å². The van der Waals surface area contributed by atoms with E-state index in [4.69, 9.17) is 23.2 Å². The summed E-state index contributed by atoms with van der Waals surface area (Å²) in [5.74, 6) is 0.102. The largest absolute Gasteiger partial charge is 0.434 e. The Balaban J connectivity index is 1.47. The van der Waals surface area contributed by atoms with Crippen LogP contribution < -0.4 is 5.32 Å². The number of halogens is 5. The number of aromatic nitrogens is 2. The maximum absolute atomic E-state index is 13.0. The number of pyridine rings is 1. The third-order valence-corrected chi connectivity index (χ3v) is 5.86. The predicted octanol–water partition coefficient (Wildman–Crippen LogP) is 4.89. The van der Waals surface area contributed by atoms with E-state index in [1.807, 2.05) is 18.2 Å². The number of hydrogen-bond acceptors (Lipinski definition) is 4. The number of fused-ring (bicyclic) bond motifs is 3. The molecule has 1 unspecified atom stereocenters. The van der Waals surface area contributed by atoms with Crippen LogP contribution in [0.4, 0.5) is 19.0 Å². The highest BCUT2D eigenvalue weighted by Crippen LogP contribution is 2.36. The van der Waals surface area contributed by atoms with E-state index in [0.29, 0.717) is 24.7 Å². The second-order valence-corrected chi connectivity index (χ2v) is 7.99. The molecule has 0 saturated carbocycles. The summed E-state index contributed by atoms with van der Waals surface area (Å²) in [7, 11) is 0. The van der Waals surface area contributed by atoms with E-state index in [1.165, 1.54) is 12.1 Å². The third kappa shape index (κ3) is 4.09. The van der Waals surface area contributed by atoms with Gasteiger partial charge in [-0.1, -0.05) is 23.2 Å². The fourth-order valence-electron chi connectivity index (χ4n) is 3.93. The van der Waals surface area contributed by atoms with Crippen molar-refractivity contribution < 1.29 is 18.3 Å². The lowest BCUT2D eigenvalue weighted by molar-refractivity contribution is -0.141. The molecule has 0 bridgehead atoms. The van der Waals surface area contributed by atoms with Crippen molar-refractivity contribution in [2.75, 3.05) is 31.6 Å². The molecular weight excluding hydrogens is 440 g/mol. The second kappa shape index (κ2) is 8.26. The highest BCUT2D eigenvalue weighted by Gasteiger charge is 2.35. The van der Waals surface area contributed by atoms with Gasteiger partial charge in [0.25, 0.3) is 0 Å². The molecule has 160 valence electrons. The van der Waals surface area contributed by atoms with Gasteiger partial charge in [0.1, 0.15) is 5.82 Å². The molecule has 2 aromatic heterocycles. The van der Waals surface area contributed by atoms with Crippen LogP contribution >= 0.6 is 23.2 Å². The van der Waals surface area contributed by atoms with Gasteiger partial charge in [0.15, 0.2) is 5.69 Å². The summed E-state index contributed by atoms with van der Waals surface area (Å²) in [4.78, 5) is 9.05. The minimum absolute atomic E-state index is 0.0784. The van der Waals surface area contributed by atoms with E-state index in [-0.39, 0.29) is 18.5 Å². The molecular formula is C20H19Cl2F3N4O. The van der Waals surface area contributed by atoms with Crippen molar-refractivity contribution in [1.82, 2.24) is 14.9 Å². The number of aliphatic hydroxyl groups excluding tert-OH is 1. The zero-order valence-electron chi connectivity index (χ0n) is 15.7. The van der Waals surface area contributed by atoms with E-state index in [0.717, 1.165) is 28.6 Å². The molecule has 1 aliphatic heterocycles. The lowest BCUT2D eigenvalue weighted by Gasteiger charge is -2.34. The van der Waals surface area contributed by atoms with E-state index in [1.54, 1.807) is 0 Å². The first kappa shape index (κ1) is 21.2. The highest BCUT2D eigenvalue weighted by molar-refractivity contribution is 6.31. The Labute approximate surface area is 180 Å². The lowest BCUT2D eigenvalue weighted by atomic mass is 9.97. The molecule has 5 nitrogen and oxygen atoms in total. The number of aliphatic hydroxyl groups is 1. The Kier molecular flexibility index (Phi) is 5.85. The van der Waals surface area contributed by atoms with Crippen LogP contribution in [0.15, 0.2) is 30.3 Å². The molecule has 4 rings (SSSR count). The number of nitrogens with zero attached hydrogens (tertiary/aromatic N) is 2. The van der Waals surface area contributed by atoms with Crippen molar-refractivity contribution in [3.05, 3.63) is 57.3 Å². The number of aromatic amines is 1. The van der Waals surface area contributed by atoms with Crippen LogP contribution in [0.3, 0.4) is 0 Å². The van der Waals surface area contributed by atoms with Crippen LogP contribution in [0.25, 0.3) is 10.9 Å². The quantitative estimate of drug-likeness (QED) is 0.509. The summed E-state index contributed by atoms with van der Waals surface area (Å²) in [6.07, 6.45) is -3.83. The van der Waals surface area contributed by atoms with Crippen LogP contribution in [0, 0.1) is 0 Å². The van der Waals surface area contributed by atoms with Gasteiger partial charge in [-0.05, 0) is 42.3 Å². The van der Waals surface area contributed by atoms with Crippen molar-refractivity contribution >= 4 is 39.9 Å². The minimum Gasteiger partial charge on any atom is -0.394 e. The van der Waals surface area contributed by atoms with Gasteiger partial charge in [-0.3, -0.25) is 4.90 Å². The number of H-pyrrole nitrogens is 1. The van der Waals surface area contributed by atoms with Crippen LogP contribution in [0.5, 0.6) is 0 Å². The summed E-state index contributed by atoms with van der Waals surface area (Å²) in [6.45, 7) is 1.52. The van der Waals surface area contributed by atoms with Crippen molar-refractivity contribution in [2.45, 2.75) is 18.6 Å². The maximum atomic E-state index is 13.0. The average molecular weight is 459 g/mol. The number of nitrogens with one attached hydrogen (secondary N) is 2. The van der Waals surface area contributed by atoms with Crippen molar-refractivity contribution in [3.8, 4) is 0 Å². The molecule has 1 aromatic carbocycles. The van der Waals surface area contributed by atoms with Crippen LogP contribution in [0.1, 0.15) is 23.0 Å². The van der Waals surface area contributed by atoms with Crippen molar-refractivity contribution in [1.29, 1.82) is 0 Å². The fraction of sp³-hybridized carbons (Fsp3) is 0.350. The SMILES string of the molecule is OCC1c2[nH]c3ccc(Cl)cc3c2CCN1CCNc1ccc(Cl)c(C(F)(F)F)n1. The number of benzene rings is 1. The standard InChI is InChI=1S/C20H19Cl2F3N4O/c21-11-1-3-15-13(9-11)12-5-7-29(16(10-30)18(12)27-15)8-6-26-17-4-2-14(22)19(28-17)20(23,24)25/h1-4,9,16,27,30H,5-8,10H2,(H,26,28). The monoisotopic (exact) mass is 458 g/mol. The van der Waals surface area contributed by atoms with E-state index in [2.05, 4.69) is 20.2 Å².